The molecule has 0 bridgehead atoms. The summed E-state index contributed by atoms with van der Waals surface area (Å²) in [7, 11) is 0. The fraction of sp³-hybridized carbons (Fsp3) is 0.182. The van der Waals surface area contributed by atoms with Crippen LogP contribution in [0.2, 0.25) is 5.02 Å². The average molecular weight is 420 g/mol. The van der Waals surface area contributed by atoms with Crippen LogP contribution in [0.1, 0.15) is 30.9 Å². The van der Waals surface area contributed by atoms with Gasteiger partial charge in [-0.3, -0.25) is 19.4 Å². The topological polar surface area (TPSA) is 91.6 Å². The molecule has 7 nitrogen and oxygen atoms in total. The minimum atomic E-state index is -0.449. The standard InChI is InChI=1S/C22H18ClN5O2/c23-14-11-9-13(10-12-14)20-18-16(7-4-8-17(18)29)24-21-19(22(30)27-28(20)21)26-25-15-5-2-1-3-6-15/h1-3,5-6,9-12,20,24H,4,7-8H2,(H,27,30). The normalized spacial score (nSPS) is 18.3. The smallest absolute Gasteiger partial charge is 0.294 e. The Bertz CT molecular complexity index is 1240. The molecule has 2 heterocycles. The highest BCUT2D eigenvalue weighted by Gasteiger charge is 2.37. The largest absolute Gasteiger partial charge is 0.342 e. The fourth-order valence-electron chi connectivity index (χ4n) is 3.99. The predicted molar refractivity (Wildman–Crippen MR) is 115 cm³/mol. The van der Waals surface area contributed by atoms with Crippen molar-refractivity contribution in [2.75, 3.05) is 5.32 Å². The van der Waals surface area contributed by atoms with Crippen LogP contribution in [-0.4, -0.2) is 15.6 Å². The maximum absolute atomic E-state index is 12.8. The van der Waals surface area contributed by atoms with Crippen molar-refractivity contribution in [3.8, 4) is 0 Å². The lowest BCUT2D eigenvalue weighted by Crippen LogP contribution is -2.31. The van der Waals surface area contributed by atoms with E-state index < -0.39 is 6.04 Å². The van der Waals surface area contributed by atoms with Crippen molar-refractivity contribution < 1.29 is 4.79 Å². The molecule has 1 aliphatic heterocycles. The van der Waals surface area contributed by atoms with Crippen LogP contribution in [0.5, 0.6) is 0 Å². The Balaban J connectivity index is 1.65. The number of nitrogens with one attached hydrogen (secondary N) is 2. The lowest BCUT2D eigenvalue weighted by atomic mass is 9.85. The maximum atomic E-state index is 12.8. The molecule has 0 amide bonds. The molecule has 8 heteroatoms. The molecule has 0 radical (unpaired) electrons. The molecule has 1 atom stereocenters. The number of hydrogen-bond acceptors (Lipinski definition) is 5. The highest BCUT2D eigenvalue weighted by atomic mass is 35.5. The monoisotopic (exact) mass is 419 g/mol. The summed E-state index contributed by atoms with van der Waals surface area (Å²) in [5.41, 5.74) is 2.83. The Kier molecular flexibility index (Phi) is 4.59. The van der Waals surface area contributed by atoms with Gasteiger partial charge in [0.05, 0.1) is 5.69 Å². The second kappa shape index (κ2) is 7.42. The van der Waals surface area contributed by atoms with Crippen molar-refractivity contribution in [2.24, 2.45) is 10.2 Å². The number of azo groups is 1. The SMILES string of the molecule is O=C1CCCC2=C1C(c1ccc(Cl)cc1)n1[nH]c(=O)c(N=Nc3ccccc3)c1N2. The minimum Gasteiger partial charge on any atom is -0.342 e. The van der Waals surface area contributed by atoms with Gasteiger partial charge in [0.25, 0.3) is 5.56 Å². The van der Waals surface area contributed by atoms with Crippen molar-refractivity contribution in [1.29, 1.82) is 0 Å². The van der Waals surface area contributed by atoms with Gasteiger partial charge in [0.15, 0.2) is 17.3 Å². The number of aromatic amines is 1. The molecule has 30 heavy (non-hydrogen) atoms. The van der Waals surface area contributed by atoms with Crippen LogP contribution >= 0.6 is 11.6 Å². The molecular formula is C22H18ClN5O2. The van der Waals surface area contributed by atoms with Crippen LogP contribution in [0.25, 0.3) is 0 Å². The number of H-pyrrole nitrogens is 1. The van der Waals surface area contributed by atoms with E-state index in [1.165, 1.54) is 0 Å². The van der Waals surface area contributed by atoms with Gasteiger partial charge >= 0.3 is 0 Å². The fourth-order valence-corrected chi connectivity index (χ4v) is 4.12. The lowest BCUT2D eigenvalue weighted by molar-refractivity contribution is -0.116. The number of aromatic nitrogens is 2. The highest BCUT2D eigenvalue weighted by Crippen LogP contribution is 2.42. The van der Waals surface area contributed by atoms with Gasteiger partial charge in [-0.15, -0.1) is 5.11 Å². The molecule has 2 aromatic carbocycles. The van der Waals surface area contributed by atoms with Gasteiger partial charge < -0.3 is 5.32 Å². The Hall–Kier alpha value is -3.45. The van der Waals surface area contributed by atoms with Crippen LogP contribution < -0.4 is 10.9 Å². The Labute approximate surface area is 177 Å². The summed E-state index contributed by atoms with van der Waals surface area (Å²) in [5, 5.41) is 15.1. The van der Waals surface area contributed by atoms with Gasteiger partial charge in [0.2, 0.25) is 0 Å². The molecule has 0 spiro atoms. The number of benzene rings is 2. The molecule has 2 aliphatic rings. The molecule has 0 fully saturated rings. The second-order valence-corrected chi connectivity index (χ2v) is 7.73. The third-order valence-corrected chi connectivity index (χ3v) is 5.62. The Morgan fingerprint density at radius 2 is 1.73 bits per heavy atom. The first-order chi connectivity index (χ1) is 14.6. The first-order valence-electron chi connectivity index (χ1n) is 9.72. The first kappa shape index (κ1) is 18.6. The Morgan fingerprint density at radius 1 is 0.967 bits per heavy atom. The molecule has 2 N–H and O–H groups in total. The Morgan fingerprint density at radius 3 is 2.50 bits per heavy atom. The van der Waals surface area contributed by atoms with E-state index in [9.17, 15) is 9.59 Å². The second-order valence-electron chi connectivity index (χ2n) is 7.29. The molecule has 3 aromatic rings. The van der Waals surface area contributed by atoms with Crippen LogP contribution in [-0.2, 0) is 4.79 Å². The van der Waals surface area contributed by atoms with Gasteiger partial charge in [0, 0.05) is 22.7 Å². The number of ketones is 1. The van der Waals surface area contributed by atoms with Gasteiger partial charge in [-0.2, -0.15) is 5.11 Å². The van der Waals surface area contributed by atoms with Crippen LogP contribution in [0.3, 0.4) is 0 Å². The summed E-state index contributed by atoms with van der Waals surface area (Å²) in [6.45, 7) is 0. The van der Waals surface area contributed by atoms with Crippen LogP contribution in [0.4, 0.5) is 17.2 Å². The van der Waals surface area contributed by atoms with E-state index in [0.29, 0.717) is 28.5 Å². The number of carbonyl (C=O) groups is 1. The molecule has 5 rings (SSSR count). The summed E-state index contributed by atoms with van der Waals surface area (Å²) in [5.74, 6) is 0.587. The number of rotatable bonds is 3. The van der Waals surface area contributed by atoms with Gasteiger partial charge in [-0.1, -0.05) is 41.9 Å². The molecule has 0 saturated heterocycles. The van der Waals surface area contributed by atoms with Crippen molar-refractivity contribution in [1.82, 2.24) is 9.78 Å². The molecule has 1 aliphatic carbocycles. The summed E-state index contributed by atoms with van der Waals surface area (Å²) < 4.78 is 1.67. The maximum Gasteiger partial charge on any atom is 0.294 e. The van der Waals surface area contributed by atoms with Crippen molar-refractivity contribution in [3.05, 3.63) is 86.8 Å². The van der Waals surface area contributed by atoms with E-state index in [1.54, 1.807) is 16.8 Å². The zero-order chi connectivity index (χ0) is 20.7. The number of anilines is 1. The number of Topliss-reactive ketones (excluding diaryl/α,β-unsaturated/α-hetero) is 1. The zero-order valence-electron chi connectivity index (χ0n) is 15.9. The van der Waals surface area contributed by atoms with E-state index in [1.807, 2.05) is 42.5 Å². The summed E-state index contributed by atoms with van der Waals surface area (Å²) >= 11 is 6.06. The summed E-state index contributed by atoms with van der Waals surface area (Å²) in [6, 6.07) is 16.1. The number of hydrogen-bond donors (Lipinski definition) is 2. The van der Waals surface area contributed by atoms with Crippen LogP contribution in [0.15, 0.2) is 80.9 Å². The number of fused-ring (bicyclic) bond motifs is 1. The number of nitrogens with zero attached hydrogens (tertiary/aromatic N) is 3. The molecule has 150 valence electrons. The number of allylic oxidation sites excluding steroid dienone is 2. The van der Waals surface area contributed by atoms with E-state index >= 15 is 0 Å². The summed E-state index contributed by atoms with van der Waals surface area (Å²) in [6.07, 6.45) is 2.00. The highest BCUT2D eigenvalue weighted by molar-refractivity contribution is 6.30. The van der Waals surface area contributed by atoms with Crippen molar-refractivity contribution in [3.63, 3.8) is 0 Å². The molecular weight excluding hydrogens is 402 g/mol. The van der Waals surface area contributed by atoms with Gasteiger partial charge in [-0.25, -0.2) is 0 Å². The molecule has 0 saturated carbocycles. The summed E-state index contributed by atoms with van der Waals surface area (Å²) in [4.78, 5) is 25.6. The quantitative estimate of drug-likeness (QED) is 0.566. The molecule has 1 aromatic heterocycles. The minimum absolute atomic E-state index is 0.0800. The van der Waals surface area contributed by atoms with Crippen molar-refractivity contribution in [2.45, 2.75) is 25.3 Å². The van der Waals surface area contributed by atoms with Crippen LogP contribution in [0, 0.1) is 0 Å². The van der Waals surface area contributed by atoms with Gasteiger partial charge in [-0.05, 0) is 42.7 Å². The zero-order valence-corrected chi connectivity index (χ0v) is 16.7. The third kappa shape index (κ3) is 3.17. The van der Waals surface area contributed by atoms with E-state index in [2.05, 4.69) is 20.6 Å². The van der Waals surface area contributed by atoms with E-state index in [-0.39, 0.29) is 17.0 Å². The predicted octanol–water partition coefficient (Wildman–Crippen LogP) is 5.27. The first-order valence-corrected chi connectivity index (χ1v) is 10.1. The van der Waals surface area contributed by atoms with Crippen molar-refractivity contribution >= 4 is 34.6 Å². The third-order valence-electron chi connectivity index (χ3n) is 5.37. The number of carbonyl (C=O) groups excluding carboxylic acids is 1. The average Bonchev–Trinajstić information content (AvgIpc) is 3.07. The molecule has 1 unspecified atom stereocenters. The lowest BCUT2D eigenvalue weighted by Gasteiger charge is -2.33. The number of halogens is 1. The van der Waals surface area contributed by atoms with Gasteiger partial charge in [0.1, 0.15) is 6.04 Å². The van der Waals surface area contributed by atoms with E-state index in [0.717, 1.165) is 24.1 Å². The van der Waals surface area contributed by atoms with E-state index in [4.69, 9.17) is 11.6 Å².